The maximum atomic E-state index is 12.1. The zero-order chi connectivity index (χ0) is 25.8. The first kappa shape index (κ1) is 34.0. The molecule has 35 heavy (non-hydrogen) atoms. The fourth-order valence-electron chi connectivity index (χ4n) is 4.71. The molecule has 0 fully saturated rings. The zero-order valence-corrected chi connectivity index (χ0v) is 24.3. The van der Waals surface area contributed by atoms with Crippen molar-refractivity contribution >= 4 is 6.16 Å². The molecule has 0 saturated carbocycles. The molecule has 0 N–H and O–H groups in total. The zero-order valence-electron chi connectivity index (χ0n) is 24.3. The van der Waals surface area contributed by atoms with Crippen molar-refractivity contribution in [2.75, 3.05) is 6.61 Å². The summed E-state index contributed by atoms with van der Waals surface area (Å²) in [5.74, 6) is 0.464. The van der Waals surface area contributed by atoms with E-state index in [1.165, 1.54) is 116 Å². The van der Waals surface area contributed by atoms with Crippen LogP contribution in [0.15, 0.2) is 12.2 Å². The number of hydrogen-bond acceptors (Lipinski definition) is 3. The van der Waals surface area contributed by atoms with Gasteiger partial charge in [0.25, 0.3) is 0 Å². The van der Waals surface area contributed by atoms with Crippen molar-refractivity contribution in [3.05, 3.63) is 12.2 Å². The normalized spacial score (nSPS) is 12.5. The molecule has 0 aliphatic carbocycles. The van der Waals surface area contributed by atoms with Gasteiger partial charge in [0, 0.05) is 0 Å². The molecule has 0 rings (SSSR count). The fraction of sp³-hybridized carbons (Fsp3) is 0.906. The minimum absolute atomic E-state index is 0.0453. The Labute approximate surface area is 220 Å². The Bertz CT molecular complexity index is 450. The molecule has 0 amide bonds. The van der Waals surface area contributed by atoms with Crippen LogP contribution in [0.5, 0.6) is 0 Å². The van der Waals surface area contributed by atoms with Gasteiger partial charge >= 0.3 is 6.16 Å². The molecular weight excluding hydrogens is 432 g/mol. The molecule has 0 aliphatic rings. The van der Waals surface area contributed by atoms with E-state index in [0.29, 0.717) is 12.5 Å². The second-order valence-corrected chi connectivity index (χ2v) is 10.6. The molecule has 0 saturated heterocycles. The van der Waals surface area contributed by atoms with Gasteiger partial charge in [-0.05, 0) is 57.8 Å². The molecule has 0 aromatic heterocycles. The minimum Gasteiger partial charge on any atom is -0.434 e. The van der Waals surface area contributed by atoms with Gasteiger partial charge in [-0.15, -0.1) is 0 Å². The van der Waals surface area contributed by atoms with E-state index in [1.807, 2.05) is 6.92 Å². The number of hydrogen-bond donors (Lipinski definition) is 0. The van der Waals surface area contributed by atoms with Gasteiger partial charge in [-0.25, -0.2) is 4.79 Å². The summed E-state index contributed by atoms with van der Waals surface area (Å²) in [5.41, 5.74) is 0. The van der Waals surface area contributed by atoms with E-state index >= 15 is 0 Å². The lowest BCUT2D eigenvalue weighted by Crippen LogP contribution is -2.25. The molecule has 0 aliphatic heterocycles. The molecule has 1 atom stereocenters. The topological polar surface area (TPSA) is 35.5 Å². The smallest absolute Gasteiger partial charge is 0.434 e. The van der Waals surface area contributed by atoms with Crippen molar-refractivity contribution in [3.63, 3.8) is 0 Å². The highest BCUT2D eigenvalue weighted by atomic mass is 16.7. The Hall–Kier alpha value is -0.990. The molecule has 3 heteroatoms. The highest BCUT2D eigenvalue weighted by molar-refractivity contribution is 5.60. The van der Waals surface area contributed by atoms with Crippen LogP contribution in [0.25, 0.3) is 0 Å². The van der Waals surface area contributed by atoms with Crippen LogP contribution in [0.2, 0.25) is 0 Å². The number of ether oxygens (including phenoxy) is 2. The SMILES string of the molecule is CCCCCCCC/C=C/CCCCCCCCOC(=O)OC(C)C(CCCCC)CCCCC. The number of carbonyl (C=O) groups excluding carboxylic acids is 1. The van der Waals surface area contributed by atoms with Gasteiger partial charge in [0.2, 0.25) is 0 Å². The van der Waals surface area contributed by atoms with Crippen molar-refractivity contribution in [1.82, 2.24) is 0 Å². The Balaban J connectivity index is 3.65. The standard InChI is InChI=1S/C32H62O3/c1-5-8-11-12-13-14-15-16-17-18-19-20-21-22-23-26-29-34-32(33)35-30(4)31(27-24-9-6-2)28-25-10-7-3/h16-17,30-31H,5-15,18-29H2,1-4H3/b17-16+. The maximum Gasteiger partial charge on any atom is 0.508 e. The van der Waals surface area contributed by atoms with Gasteiger partial charge < -0.3 is 9.47 Å². The van der Waals surface area contributed by atoms with Gasteiger partial charge in [0.1, 0.15) is 6.10 Å². The largest absolute Gasteiger partial charge is 0.508 e. The summed E-state index contributed by atoms with van der Waals surface area (Å²) >= 11 is 0. The van der Waals surface area contributed by atoms with E-state index in [4.69, 9.17) is 9.47 Å². The molecule has 0 spiro atoms. The number of unbranched alkanes of at least 4 members (excludes halogenated alkanes) is 16. The van der Waals surface area contributed by atoms with Crippen LogP contribution < -0.4 is 0 Å². The lowest BCUT2D eigenvalue weighted by molar-refractivity contribution is 0.00475. The summed E-state index contributed by atoms with van der Waals surface area (Å²) < 4.78 is 11.0. The Morgan fingerprint density at radius 3 is 1.54 bits per heavy atom. The van der Waals surface area contributed by atoms with E-state index in [1.54, 1.807) is 0 Å². The fourth-order valence-corrected chi connectivity index (χ4v) is 4.71. The summed E-state index contributed by atoms with van der Waals surface area (Å²) in [6.07, 6.45) is 32.0. The second-order valence-electron chi connectivity index (χ2n) is 10.6. The molecule has 0 bridgehead atoms. The first-order valence-corrected chi connectivity index (χ1v) is 15.6. The van der Waals surface area contributed by atoms with Gasteiger partial charge in [-0.2, -0.15) is 0 Å². The molecule has 208 valence electrons. The average Bonchev–Trinajstić information content (AvgIpc) is 2.85. The predicted octanol–water partition coefficient (Wildman–Crippen LogP) is 11.3. The van der Waals surface area contributed by atoms with Crippen molar-refractivity contribution < 1.29 is 14.3 Å². The van der Waals surface area contributed by atoms with Gasteiger partial charge in [-0.1, -0.05) is 129 Å². The van der Waals surface area contributed by atoms with Crippen LogP contribution >= 0.6 is 0 Å². The summed E-state index contributed by atoms with van der Waals surface area (Å²) in [5, 5.41) is 0. The Morgan fingerprint density at radius 2 is 1.03 bits per heavy atom. The van der Waals surface area contributed by atoms with Crippen molar-refractivity contribution in [2.45, 2.75) is 175 Å². The Kier molecular flexibility index (Phi) is 26.8. The van der Waals surface area contributed by atoms with E-state index < -0.39 is 6.16 Å². The Morgan fingerprint density at radius 1 is 0.600 bits per heavy atom. The van der Waals surface area contributed by atoms with Crippen molar-refractivity contribution in [1.29, 1.82) is 0 Å². The molecule has 0 radical (unpaired) electrons. The maximum absolute atomic E-state index is 12.1. The minimum atomic E-state index is -0.471. The van der Waals surface area contributed by atoms with E-state index in [0.717, 1.165) is 25.7 Å². The van der Waals surface area contributed by atoms with Crippen molar-refractivity contribution in [3.8, 4) is 0 Å². The number of allylic oxidation sites excluding steroid dienone is 2. The quantitative estimate of drug-likeness (QED) is 0.0681. The summed E-state index contributed by atoms with van der Waals surface area (Å²) in [6.45, 7) is 9.28. The van der Waals surface area contributed by atoms with Crippen LogP contribution in [-0.4, -0.2) is 18.9 Å². The second kappa shape index (κ2) is 27.6. The van der Waals surface area contributed by atoms with Gasteiger partial charge in [0.05, 0.1) is 6.61 Å². The van der Waals surface area contributed by atoms with Crippen LogP contribution in [0.4, 0.5) is 4.79 Å². The summed E-state index contributed by atoms with van der Waals surface area (Å²) in [6, 6.07) is 0. The molecule has 3 nitrogen and oxygen atoms in total. The third-order valence-corrected chi connectivity index (χ3v) is 7.18. The molecular formula is C32H62O3. The molecule has 0 heterocycles. The first-order valence-electron chi connectivity index (χ1n) is 15.6. The first-order chi connectivity index (χ1) is 17.2. The van der Waals surface area contributed by atoms with E-state index in [2.05, 4.69) is 32.9 Å². The van der Waals surface area contributed by atoms with Gasteiger partial charge in [0.15, 0.2) is 0 Å². The van der Waals surface area contributed by atoms with Crippen molar-refractivity contribution in [2.24, 2.45) is 5.92 Å². The van der Waals surface area contributed by atoms with Gasteiger partial charge in [-0.3, -0.25) is 0 Å². The lowest BCUT2D eigenvalue weighted by atomic mass is 9.91. The van der Waals surface area contributed by atoms with Crippen LogP contribution in [0.1, 0.15) is 169 Å². The summed E-state index contributed by atoms with van der Waals surface area (Å²) in [7, 11) is 0. The highest BCUT2D eigenvalue weighted by Gasteiger charge is 2.21. The lowest BCUT2D eigenvalue weighted by Gasteiger charge is -2.24. The molecule has 0 aromatic rings. The van der Waals surface area contributed by atoms with Crippen LogP contribution in [-0.2, 0) is 9.47 Å². The third kappa shape index (κ3) is 24.5. The molecule has 0 aromatic carbocycles. The molecule has 1 unspecified atom stereocenters. The third-order valence-electron chi connectivity index (χ3n) is 7.18. The monoisotopic (exact) mass is 494 g/mol. The van der Waals surface area contributed by atoms with E-state index in [-0.39, 0.29) is 6.10 Å². The predicted molar refractivity (Wildman–Crippen MR) is 153 cm³/mol. The number of rotatable bonds is 26. The van der Waals surface area contributed by atoms with Crippen LogP contribution in [0, 0.1) is 5.92 Å². The van der Waals surface area contributed by atoms with Crippen LogP contribution in [0.3, 0.4) is 0 Å². The van der Waals surface area contributed by atoms with E-state index in [9.17, 15) is 4.79 Å². The summed E-state index contributed by atoms with van der Waals surface area (Å²) in [4.78, 5) is 12.1. The highest BCUT2D eigenvalue weighted by Crippen LogP contribution is 2.23. The average molecular weight is 495 g/mol. The number of carbonyl (C=O) groups is 1.